The zero-order valence-electron chi connectivity index (χ0n) is 12.6. The second kappa shape index (κ2) is 5.66. The van der Waals surface area contributed by atoms with Crippen LogP contribution >= 0.6 is 0 Å². The molecule has 0 radical (unpaired) electrons. The topological polar surface area (TPSA) is 80.6 Å². The normalized spacial score (nSPS) is 22.0. The molecule has 3 aromatic heterocycles. The van der Waals surface area contributed by atoms with Crippen LogP contribution in [-0.2, 0) is 4.74 Å². The van der Waals surface area contributed by atoms with E-state index in [1.54, 1.807) is 19.5 Å². The van der Waals surface area contributed by atoms with E-state index in [0.29, 0.717) is 12.1 Å². The molecule has 3 heterocycles. The molecule has 4 rings (SSSR count). The first-order chi connectivity index (χ1) is 10.9. The fourth-order valence-corrected chi connectivity index (χ4v) is 3.44. The standard InChI is InChI=1S/C15H20N6O/c1-22-7-6-16-10-2-3-11(8-10)21-14-12-4-5-17-15(12)18-9-13(14)19-20-21/h4-5,9-11,16,20H,2-3,6-8H2,1H3/t10-,11-/m0/s1. The van der Waals surface area contributed by atoms with Crippen LogP contribution in [0.1, 0.15) is 25.3 Å². The van der Waals surface area contributed by atoms with Crippen LogP contribution in [0.5, 0.6) is 0 Å². The van der Waals surface area contributed by atoms with Crippen molar-refractivity contribution in [1.29, 1.82) is 0 Å². The molecule has 116 valence electrons. The van der Waals surface area contributed by atoms with E-state index in [1.807, 2.05) is 6.07 Å². The lowest BCUT2D eigenvalue weighted by atomic mass is 10.2. The molecule has 1 saturated carbocycles. The average molecular weight is 300 g/mol. The van der Waals surface area contributed by atoms with Crippen molar-refractivity contribution in [3.63, 3.8) is 0 Å². The third kappa shape index (κ3) is 2.26. The van der Waals surface area contributed by atoms with Crippen LogP contribution in [0.2, 0.25) is 0 Å². The third-order valence-corrected chi connectivity index (χ3v) is 4.51. The second-order valence-corrected chi connectivity index (χ2v) is 5.87. The molecule has 0 amide bonds. The lowest BCUT2D eigenvalue weighted by Gasteiger charge is -2.14. The van der Waals surface area contributed by atoms with Gasteiger partial charge in [0.05, 0.1) is 24.4 Å². The van der Waals surface area contributed by atoms with Crippen LogP contribution in [0, 0.1) is 0 Å². The van der Waals surface area contributed by atoms with E-state index in [-0.39, 0.29) is 0 Å². The van der Waals surface area contributed by atoms with E-state index in [0.717, 1.165) is 48.1 Å². The summed E-state index contributed by atoms with van der Waals surface area (Å²) in [4.78, 5) is 8.63. The van der Waals surface area contributed by atoms with Crippen molar-refractivity contribution >= 4 is 22.1 Å². The number of nitrogens with one attached hydrogen (secondary N) is 2. The van der Waals surface area contributed by atoms with Gasteiger partial charge in [-0.15, -0.1) is 0 Å². The third-order valence-electron chi connectivity index (χ3n) is 4.51. The molecule has 22 heavy (non-hydrogen) atoms. The van der Waals surface area contributed by atoms with Gasteiger partial charge in [-0.05, 0) is 25.3 Å². The van der Waals surface area contributed by atoms with Crippen LogP contribution < -0.4 is 5.32 Å². The van der Waals surface area contributed by atoms with Gasteiger partial charge >= 0.3 is 0 Å². The number of rotatable bonds is 5. The molecule has 2 N–H and O–H groups in total. The maximum atomic E-state index is 5.10. The number of H-pyrrole nitrogens is 1. The summed E-state index contributed by atoms with van der Waals surface area (Å²) in [5.74, 6) is 0. The van der Waals surface area contributed by atoms with Gasteiger partial charge in [-0.2, -0.15) is 5.10 Å². The Morgan fingerprint density at radius 2 is 2.36 bits per heavy atom. The smallest absolute Gasteiger partial charge is 0.161 e. The van der Waals surface area contributed by atoms with Crippen molar-refractivity contribution in [2.45, 2.75) is 31.3 Å². The second-order valence-electron chi connectivity index (χ2n) is 5.87. The summed E-state index contributed by atoms with van der Waals surface area (Å²) in [6.45, 7) is 1.66. The predicted octanol–water partition coefficient (Wildman–Crippen LogP) is 1.64. The van der Waals surface area contributed by atoms with Crippen LogP contribution in [0.15, 0.2) is 18.5 Å². The van der Waals surface area contributed by atoms with E-state index in [4.69, 9.17) is 4.74 Å². The van der Waals surface area contributed by atoms with Crippen LogP contribution in [0.4, 0.5) is 0 Å². The molecule has 1 fully saturated rings. The highest BCUT2D eigenvalue weighted by molar-refractivity contribution is 6.00. The van der Waals surface area contributed by atoms with E-state index >= 15 is 0 Å². The SMILES string of the molecule is COCCN[C@H]1CC[C@H](n2[nH]nc3cnc4nccc4c32)C1. The first-order valence-electron chi connectivity index (χ1n) is 7.75. The highest BCUT2D eigenvalue weighted by atomic mass is 16.5. The summed E-state index contributed by atoms with van der Waals surface area (Å²) in [6, 6.07) is 2.99. The molecule has 3 aromatic rings. The van der Waals surface area contributed by atoms with E-state index in [2.05, 4.69) is 30.3 Å². The molecule has 7 nitrogen and oxygen atoms in total. The Kier molecular flexibility index (Phi) is 3.51. The Hall–Kier alpha value is -1.99. The van der Waals surface area contributed by atoms with Gasteiger partial charge in [0.25, 0.3) is 0 Å². The van der Waals surface area contributed by atoms with Crippen LogP contribution in [0.25, 0.3) is 22.1 Å². The van der Waals surface area contributed by atoms with Crippen molar-refractivity contribution < 1.29 is 4.74 Å². The molecule has 7 heteroatoms. The number of fused-ring (bicyclic) bond motifs is 3. The zero-order valence-corrected chi connectivity index (χ0v) is 12.6. The first kappa shape index (κ1) is 13.7. The van der Waals surface area contributed by atoms with Gasteiger partial charge in [-0.25, -0.2) is 15.2 Å². The molecule has 0 saturated heterocycles. The quantitative estimate of drug-likeness (QED) is 0.700. The van der Waals surface area contributed by atoms with Gasteiger partial charge in [0, 0.05) is 31.3 Å². The van der Waals surface area contributed by atoms with Crippen molar-refractivity contribution in [2.24, 2.45) is 0 Å². The fraction of sp³-hybridized carbons (Fsp3) is 0.533. The number of pyridine rings is 1. The van der Waals surface area contributed by atoms with E-state index < -0.39 is 0 Å². The molecular weight excluding hydrogens is 280 g/mol. The predicted molar refractivity (Wildman–Crippen MR) is 83.7 cm³/mol. The zero-order chi connectivity index (χ0) is 14.9. The summed E-state index contributed by atoms with van der Waals surface area (Å²) < 4.78 is 7.29. The number of ether oxygens (including phenoxy) is 1. The minimum atomic E-state index is 0.436. The summed E-state index contributed by atoms with van der Waals surface area (Å²) >= 11 is 0. The maximum absolute atomic E-state index is 5.10. The van der Waals surface area contributed by atoms with Crippen LogP contribution in [-0.4, -0.2) is 51.3 Å². The van der Waals surface area contributed by atoms with Gasteiger partial charge in [-0.1, -0.05) is 0 Å². The number of aromatic amines is 1. The van der Waals surface area contributed by atoms with Crippen molar-refractivity contribution in [3.8, 4) is 0 Å². The van der Waals surface area contributed by atoms with Gasteiger partial charge in [0.2, 0.25) is 0 Å². The highest BCUT2D eigenvalue weighted by Gasteiger charge is 2.27. The number of methoxy groups -OCH3 is 1. The number of nitrogens with zero attached hydrogens (tertiary/aromatic N) is 4. The molecule has 0 unspecified atom stereocenters. The molecule has 1 aliphatic rings. The average Bonchev–Trinajstić information content (AvgIpc) is 3.25. The Morgan fingerprint density at radius 1 is 1.41 bits per heavy atom. The summed E-state index contributed by atoms with van der Waals surface area (Å²) in [5.41, 5.74) is 2.80. The Balaban J connectivity index is 1.60. The van der Waals surface area contributed by atoms with Gasteiger partial charge in [0.1, 0.15) is 5.52 Å². The monoisotopic (exact) mass is 300 g/mol. The summed E-state index contributed by atoms with van der Waals surface area (Å²) in [6.07, 6.45) is 7.02. The van der Waals surface area contributed by atoms with Gasteiger partial charge in [-0.3, -0.25) is 4.68 Å². The molecule has 0 spiro atoms. The van der Waals surface area contributed by atoms with Crippen molar-refractivity contribution in [2.75, 3.05) is 20.3 Å². The molecule has 2 atom stereocenters. The van der Waals surface area contributed by atoms with Gasteiger partial charge in [0.15, 0.2) is 5.65 Å². The maximum Gasteiger partial charge on any atom is 0.161 e. The minimum Gasteiger partial charge on any atom is -0.383 e. The largest absolute Gasteiger partial charge is 0.383 e. The lowest BCUT2D eigenvalue weighted by Crippen LogP contribution is -2.29. The first-order valence-corrected chi connectivity index (χ1v) is 7.75. The molecular formula is C15H20N6O. The summed E-state index contributed by atoms with van der Waals surface area (Å²) in [7, 11) is 1.74. The number of hydrogen-bond acceptors (Lipinski definition) is 5. The number of aromatic nitrogens is 5. The van der Waals surface area contributed by atoms with E-state index in [9.17, 15) is 0 Å². The fourth-order valence-electron chi connectivity index (χ4n) is 3.44. The van der Waals surface area contributed by atoms with Gasteiger partial charge < -0.3 is 10.1 Å². The molecule has 0 aromatic carbocycles. The highest BCUT2D eigenvalue weighted by Crippen LogP contribution is 2.33. The Morgan fingerprint density at radius 3 is 3.27 bits per heavy atom. The lowest BCUT2D eigenvalue weighted by molar-refractivity contribution is 0.195. The Bertz CT molecular complexity index is 779. The number of hydrogen-bond donors (Lipinski definition) is 2. The van der Waals surface area contributed by atoms with Crippen molar-refractivity contribution in [1.82, 2.24) is 30.3 Å². The van der Waals surface area contributed by atoms with Crippen molar-refractivity contribution in [3.05, 3.63) is 18.5 Å². The summed E-state index contributed by atoms with van der Waals surface area (Å²) in [5, 5.41) is 12.2. The molecule has 0 bridgehead atoms. The van der Waals surface area contributed by atoms with E-state index in [1.165, 1.54) is 6.42 Å². The molecule has 0 aliphatic heterocycles. The van der Waals surface area contributed by atoms with Crippen LogP contribution in [0.3, 0.4) is 0 Å². The molecule has 1 aliphatic carbocycles. The minimum absolute atomic E-state index is 0.436. The Labute approximate surface area is 128 Å².